The minimum atomic E-state index is -0.637. The molecule has 4 rings (SSSR count). The van der Waals surface area contributed by atoms with Crippen LogP contribution in [0.25, 0.3) is 0 Å². The first-order chi connectivity index (χ1) is 17.4. The number of carbonyl (C=O) groups is 2. The maximum atomic E-state index is 12.3. The number of ether oxygens (including phenoxy) is 2. The number of hydroxylamine groups is 4. The molecule has 0 N–H and O–H groups in total. The summed E-state index contributed by atoms with van der Waals surface area (Å²) in [5.74, 6) is 0.131. The van der Waals surface area contributed by atoms with Gasteiger partial charge in [-0.15, -0.1) is 10.1 Å². The van der Waals surface area contributed by atoms with Gasteiger partial charge in [0.05, 0.1) is 36.7 Å². The summed E-state index contributed by atoms with van der Waals surface area (Å²) in [6, 6.07) is 7.32. The molecule has 2 saturated carbocycles. The predicted octanol–water partition coefficient (Wildman–Crippen LogP) is 3.12. The Labute approximate surface area is 210 Å². The molecule has 0 bridgehead atoms. The van der Waals surface area contributed by atoms with Gasteiger partial charge >= 0.3 is 11.9 Å². The van der Waals surface area contributed by atoms with E-state index >= 15 is 0 Å². The first-order valence-corrected chi connectivity index (χ1v) is 12.1. The number of rotatable bonds is 14. The Morgan fingerprint density at radius 2 is 1.22 bits per heavy atom. The van der Waals surface area contributed by atoms with Crippen molar-refractivity contribution in [1.82, 2.24) is 20.1 Å². The van der Waals surface area contributed by atoms with E-state index in [9.17, 15) is 9.59 Å². The van der Waals surface area contributed by atoms with Crippen LogP contribution in [-0.4, -0.2) is 70.4 Å². The van der Waals surface area contributed by atoms with Crippen LogP contribution in [0.4, 0.5) is 0 Å². The highest BCUT2D eigenvalue weighted by Gasteiger charge is 2.49. The van der Waals surface area contributed by atoms with Gasteiger partial charge in [-0.1, -0.05) is 0 Å². The zero-order valence-electron chi connectivity index (χ0n) is 20.7. The molecule has 0 unspecified atom stereocenters. The summed E-state index contributed by atoms with van der Waals surface area (Å²) in [7, 11) is 3.44. The van der Waals surface area contributed by atoms with Gasteiger partial charge in [-0.2, -0.15) is 0 Å². The molecule has 0 atom stereocenters. The number of hydrogen-bond acceptors (Lipinski definition) is 10. The summed E-state index contributed by atoms with van der Waals surface area (Å²) in [5, 5.41) is 3.12. The van der Waals surface area contributed by atoms with Crippen LogP contribution in [0, 0.1) is 0 Å². The second-order valence-electron chi connectivity index (χ2n) is 9.17. The molecule has 0 radical (unpaired) electrons. The van der Waals surface area contributed by atoms with Crippen molar-refractivity contribution in [3.63, 3.8) is 0 Å². The van der Waals surface area contributed by atoms with Crippen LogP contribution in [0.5, 0.6) is 11.5 Å². The third-order valence-corrected chi connectivity index (χ3v) is 6.74. The van der Waals surface area contributed by atoms with E-state index in [0.717, 1.165) is 37.8 Å². The fourth-order valence-corrected chi connectivity index (χ4v) is 3.98. The van der Waals surface area contributed by atoms with Crippen LogP contribution < -0.4 is 9.47 Å². The highest BCUT2D eigenvalue weighted by atomic mass is 16.7. The minimum absolute atomic E-state index is 0.247. The molecule has 2 aliphatic rings. The molecule has 36 heavy (non-hydrogen) atoms. The van der Waals surface area contributed by atoms with Crippen LogP contribution in [0.1, 0.15) is 38.5 Å². The second-order valence-corrected chi connectivity index (χ2v) is 9.17. The summed E-state index contributed by atoms with van der Waals surface area (Å²) < 4.78 is 11.4. The molecular weight excluding hydrogens is 464 g/mol. The fraction of sp³-hybridized carbons (Fsp3) is 0.462. The minimum Gasteiger partial charge on any atom is -0.492 e. The van der Waals surface area contributed by atoms with Crippen molar-refractivity contribution in [3.05, 3.63) is 61.2 Å². The number of carbonyl (C=O) groups excluding carboxylic acids is 2. The van der Waals surface area contributed by atoms with Crippen LogP contribution in [0.2, 0.25) is 0 Å². The van der Waals surface area contributed by atoms with Crippen LogP contribution >= 0.6 is 0 Å². The van der Waals surface area contributed by atoms with Gasteiger partial charge in [0, 0.05) is 51.5 Å². The van der Waals surface area contributed by atoms with Gasteiger partial charge in [-0.3, -0.25) is 9.97 Å². The van der Waals surface area contributed by atoms with Gasteiger partial charge in [0.25, 0.3) is 0 Å². The van der Waals surface area contributed by atoms with Crippen molar-refractivity contribution >= 4 is 11.9 Å². The summed E-state index contributed by atoms with van der Waals surface area (Å²) in [6.45, 7) is 0.966. The Hall–Kier alpha value is -3.50. The van der Waals surface area contributed by atoms with E-state index in [4.69, 9.17) is 19.1 Å². The first-order valence-electron chi connectivity index (χ1n) is 12.1. The molecule has 10 nitrogen and oxygen atoms in total. The molecule has 192 valence electrons. The fourth-order valence-electron chi connectivity index (χ4n) is 3.98. The molecule has 0 aromatic carbocycles. The molecule has 0 saturated heterocycles. The van der Waals surface area contributed by atoms with Gasteiger partial charge < -0.3 is 19.1 Å². The largest absolute Gasteiger partial charge is 0.492 e. The third-order valence-electron chi connectivity index (χ3n) is 6.74. The highest BCUT2D eigenvalue weighted by Crippen LogP contribution is 2.45. The Balaban J connectivity index is 1.16. The van der Waals surface area contributed by atoms with Crippen LogP contribution in [0.15, 0.2) is 61.2 Å². The lowest BCUT2D eigenvalue weighted by Crippen LogP contribution is -2.37. The zero-order valence-corrected chi connectivity index (χ0v) is 20.7. The van der Waals surface area contributed by atoms with Gasteiger partial charge in [0.1, 0.15) is 11.5 Å². The van der Waals surface area contributed by atoms with E-state index in [1.165, 1.54) is 0 Å². The smallest absolute Gasteiger partial charge is 0.349 e. The van der Waals surface area contributed by atoms with E-state index in [1.807, 2.05) is 24.3 Å². The topological polar surface area (TPSA) is 103 Å². The van der Waals surface area contributed by atoms with Crippen molar-refractivity contribution < 1.29 is 28.7 Å². The molecular formula is C26H32N4O6. The van der Waals surface area contributed by atoms with E-state index < -0.39 is 11.9 Å². The maximum absolute atomic E-state index is 12.3. The molecule has 0 spiro atoms. The monoisotopic (exact) mass is 496 g/mol. The molecule has 2 aromatic heterocycles. The molecule has 2 aliphatic carbocycles. The zero-order chi connectivity index (χ0) is 25.4. The van der Waals surface area contributed by atoms with Crippen molar-refractivity contribution in [3.8, 4) is 11.5 Å². The average Bonchev–Trinajstić information content (AvgIpc) is 3.81. The van der Waals surface area contributed by atoms with Crippen LogP contribution in [0.3, 0.4) is 0 Å². The van der Waals surface area contributed by atoms with E-state index in [2.05, 4.69) is 9.97 Å². The Kier molecular flexibility index (Phi) is 8.17. The quantitative estimate of drug-likeness (QED) is 0.286. The van der Waals surface area contributed by atoms with E-state index in [-0.39, 0.29) is 11.1 Å². The SMILES string of the molecule is CN(OC(=O)/C=C/C(=O)ON(C)C1(CCOc2cccnc2)CC1)C1(CCOc2cccnc2)CC1. The average molecular weight is 497 g/mol. The summed E-state index contributed by atoms with van der Waals surface area (Å²) >= 11 is 0. The van der Waals surface area contributed by atoms with Crippen molar-refractivity contribution in [2.24, 2.45) is 0 Å². The van der Waals surface area contributed by atoms with E-state index in [1.54, 1.807) is 49.0 Å². The van der Waals surface area contributed by atoms with Crippen LogP contribution in [-0.2, 0) is 19.3 Å². The Bertz CT molecular complexity index is 957. The molecule has 2 heterocycles. The lowest BCUT2D eigenvalue weighted by Gasteiger charge is -2.26. The Morgan fingerprint density at radius 1 is 0.806 bits per heavy atom. The second kappa shape index (κ2) is 11.5. The number of pyridine rings is 2. The maximum Gasteiger partial charge on any atom is 0.349 e. The molecule has 10 heteroatoms. The molecule has 0 amide bonds. The standard InChI is InChI=1S/C26H32N4O6/c1-29(25(9-10-25)13-17-33-21-5-3-15-27-19-21)35-23(31)7-8-24(32)36-30(2)26(11-12-26)14-18-34-22-6-4-16-28-20-22/h3-8,15-16,19-20H,9-14,17-18H2,1-2H3/b8-7+. The van der Waals surface area contributed by atoms with Crippen molar-refractivity contribution in [2.45, 2.75) is 49.6 Å². The summed E-state index contributed by atoms with van der Waals surface area (Å²) in [4.78, 5) is 43.4. The first kappa shape index (κ1) is 25.6. The molecule has 0 aliphatic heterocycles. The van der Waals surface area contributed by atoms with Crippen molar-refractivity contribution in [2.75, 3.05) is 27.3 Å². The van der Waals surface area contributed by atoms with Gasteiger partial charge in [-0.25, -0.2) is 9.59 Å². The molecule has 2 fully saturated rings. The number of hydrogen-bond donors (Lipinski definition) is 0. The lowest BCUT2D eigenvalue weighted by atomic mass is 10.2. The normalized spacial score (nSPS) is 17.1. The highest BCUT2D eigenvalue weighted by molar-refractivity contribution is 5.91. The Morgan fingerprint density at radius 3 is 1.56 bits per heavy atom. The third kappa shape index (κ3) is 7.02. The van der Waals surface area contributed by atoms with Gasteiger partial charge in [0.2, 0.25) is 0 Å². The molecule has 2 aromatic rings. The van der Waals surface area contributed by atoms with Gasteiger partial charge in [0.15, 0.2) is 0 Å². The van der Waals surface area contributed by atoms with E-state index in [0.29, 0.717) is 37.6 Å². The number of nitrogens with zero attached hydrogens (tertiary/aromatic N) is 4. The predicted molar refractivity (Wildman–Crippen MR) is 129 cm³/mol. The number of aromatic nitrogens is 2. The van der Waals surface area contributed by atoms with Crippen molar-refractivity contribution in [1.29, 1.82) is 0 Å². The lowest BCUT2D eigenvalue weighted by molar-refractivity contribution is -0.195. The summed E-state index contributed by atoms with van der Waals surface area (Å²) in [6.07, 6.45) is 13.9. The summed E-state index contributed by atoms with van der Waals surface area (Å²) in [5.41, 5.74) is -0.495. The van der Waals surface area contributed by atoms with Gasteiger partial charge in [-0.05, 0) is 49.9 Å².